The quantitative estimate of drug-likeness (QED) is 0.827. The highest BCUT2D eigenvalue weighted by Gasteiger charge is 2.33. The monoisotopic (exact) mass is 295 g/mol. The van der Waals surface area contributed by atoms with Crippen molar-refractivity contribution in [2.24, 2.45) is 11.1 Å². The molecule has 0 radical (unpaired) electrons. The number of aromatic carboxylic acids is 1. The molecule has 1 aromatic carbocycles. The minimum Gasteiger partial charge on any atom is -0.493 e. The van der Waals surface area contributed by atoms with Gasteiger partial charge in [-0.25, -0.2) is 4.79 Å². The van der Waals surface area contributed by atoms with E-state index in [1.165, 1.54) is 13.2 Å². The molecule has 6 nitrogen and oxygen atoms in total. The van der Waals surface area contributed by atoms with Crippen LogP contribution in [0.3, 0.4) is 0 Å². The predicted octanol–water partition coefficient (Wildman–Crippen LogP) is 1.53. The van der Waals surface area contributed by atoms with Gasteiger partial charge < -0.3 is 25.1 Å². The summed E-state index contributed by atoms with van der Waals surface area (Å²) in [5.74, 6) is -0.376. The number of methoxy groups -OCH3 is 1. The van der Waals surface area contributed by atoms with E-state index in [2.05, 4.69) is 0 Å². The molecule has 1 heterocycles. The van der Waals surface area contributed by atoms with E-state index < -0.39 is 5.97 Å². The number of benzene rings is 1. The van der Waals surface area contributed by atoms with Crippen LogP contribution in [0.2, 0.25) is 0 Å². The van der Waals surface area contributed by atoms with Crippen molar-refractivity contribution < 1.29 is 24.1 Å². The van der Waals surface area contributed by atoms with Crippen LogP contribution in [0, 0.1) is 5.41 Å². The zero-order valence-corrected chi connectivity index (χ0v) is 12.1. The Kier molecular flexibility index (Phi) is 5.03. The first-order chi connectivity index (χ1) is 10.1. The molecule has 0 saturated carbocycles. The molecular weight excluding hydrogens is 274 g/mol. The number of ether oxygens (including phenoxy) is 3. The number of nitrogens with two attached hydrogens (primary N) is 1. The number of carboxylic acid groups (broad SMARTS) is 1. The fourth-order valence-corrected chi connectivity index (χ4v) is 2.43. The normalized spacial score (nSPS) is 17.2. The third-order valence-corrected chi connectivity index (χ3v) is 3.94. The van der Waals surface area contributed by atoms with E-state index in [9.17, 15) is 9.90 Å². The molecule has 0 amide bonds. The van der Waals surface area contributed by atoms with Crippen molar-refractivity contribution in [3.05, 3.63) is 23.8 Å². The van der Waals surface area contributed by atoms with E-state index in [4.69, 9.17) is 19.9 Å². The Labute approximate surface area is 123 Å². The second kappa shape index (κ2) is 6.78. The SMILES string of the molecule is COc1cccc(C(=O)O)c1OCC1(CN)CCOCC1. The summed E-state index contributed by atoms with van der Waals surface area (Å²) in [6.07, 6.45) is 1.61. The molecule has 1 aliphatic rings. The number of hydrogen-bond donors (Lipinski definition) is 2. The third-order valence-electron chi connectivity index (χ3n) is 3.94. The minimum atomic E-state index is -1.04. The number of carbonyl (C=O) groups is 1. The van der Waals surface area contributed by atoms with Gasteiger partial charge >= 0.3 is 5.97 Å². The van der Waals surface area contributed by atoms with Crippen LogP contribution in [-0.2, 0) is 4.74 Å². The molecule has 0 aliphatic carbocycles. The van der Waals surface area contributed by atoms with Crippen LogP contribution in [0.4, 0.5) is 0 Å². The Morgan fingerprint density at radius 3 is 2.71 bits per heavy atom. The smallest absolute Gasteiger partial charge is 0.339 e. The summed E-state index contributed by atoms with van der Waals surface area (Å²) in [7, 11) is 1.49. The first kappa shape index (κ1) is 15.6. The van der Waals surface area contributed by atoms with E-state index in [1.807, 2.05) is 0 Å². The molecule has 2 rings (SSSR count). The van der Waals surface area contributed by atoms with Gasteiger partial charge in [0.2, 0.25) is 0 Å². The maximum Gasteiger partial charge on any atom is 0.339 e. The van der Waals surface area contributed by atoms with E-state index in [1.54, 1.807) is 12.1 Å². The molecule has 0 aromatic heterocycles. The highest BCUT2D eigenvalue weighted by molar-refractivity contribution is 5.92. The van der Waals surface area contributed by atoms with Gasteiger partial charge in [0, 0.05) is 25.2 Å². The number of rotatable bonds is 6. The van der Waals surface area contributed by atoms with Gasteiger partial charge in [-0.3, -0.25) is 0 Å². The number of para-hydroxylation sites is 1. The van der Waals surface area contributed by atoms with Crippen molar-refractivity contribution in [2.45, 2.75) is 12.8 Å². The summed E-state index contributed by atoms with van der Waals surface area (Å²) >= 11 is 0. The summed E-state index contributed by atoms with van der Waals surface area (Å²) in [4.78, 5) is 11.3. The molecular formula is C15H21NO5. The Bertz CT molecular complexity index is 497. The lowest BCUT2D eigenvalue weighted by Gasteiger charge is -2.35. The van der Waals surface area contributed by atoms with Gasteiger partial charge in [0.1, 0.15) is 5.56 Å². The molecule has 3 N–H and O–H groups in total. The first-order valence-corrected chi connectivity index (χ1v) is 6.93. The van der Waals surface area contributed by atoms with E-state index in [0.717, 1.165) is 12.8 Å². The van der Waals surface area contributed by atoms with E-state index >= 15 is 0 Å². The van der Waals surface area contributed by atoms with Crippen LogP contribution in [-0.4, -0.2) is 44.6 Å². The maximum absolute atomic E-state index is 11.3. The van der Waals surface area contributed by atoms with Crippen molar-refractivity contribution in [1.29, 1.82) is 0 Å². The summed E-state index contributed by atoms with van der Waals surface area (Å²) in [5, 5.41) is 9.26. The second-order valence-electron chi connectivity index (χ2n) is 5.25. The lowest BCUT2D eigenvalue weighted by Crippen LogP contribution is -2.41. The Hall–Kier alpha value is -1.79. The highest BCUT2D eigenvalue weighted by atomic mass is 16.5. The number of carboxylic acids is 1. The van der Waals surface area contributed by atoms with Gasteiger partial charge in [0.15, 0.2) is 11.5 Å². The largest absolute Gasteiger partial charge is 0.493 e. The summed E-state index contributed by atoms with van der Waals surface area (Å²) in [5.41, 5.74) is 5.81. The molecule has 1 saturated heterocycles. The van der Waals surface area contributed by atoms with Crippen LogP contribution in [0.15, 0.2) is 18.2 Å². The zero-order chi connectivity index (χ0) is 15.3. The van der Waals surface area contributed by atoms with Crippen LogP contribution in [0.25, 0.3) is 0 Å². The van der Waals surface area contributed by atoms with Crippen molar-refractivity contribution in [3.8, 4) is 11.5 Å². The van der Waals surface area contributed by atoms with Crippen molar-refractivity contribution in [3.63, 3.8) is 0 Å². The fourth-order valence-electron chi connectivity index (χ4n) is 2.43. The minimum absolute atomic E-state index is 0.0913. The molecule has 116 valence electrons. The van der Waals surface area contributed by atoms with Gasteiger partial charge in [-0.1, -0.05) is 6.07 Å². The lowest BCUT2D eigenvalue weighted by molar-refractivity contribution is -0.00566. The van der Waals surface area contributed by atoms with Crippen molar-refractivity contribution >= 4 is 5.97 Å². The van der Waals surface area contributed by atoms with Gasteiger partial charge in [0.05, 0.1) is 13.7 Å². The molecule has 1 fully saturated rings. The third kappa shape index (κ3) is 3.46. The van der Waals surface area contributed by atoms with E-state index in [-0.39, 0.29) is 16.7 Å². The highest BCUT2D eigenvalue weighted by Crippen LogP contribution is 2.35. The average molecular weight is 295 g/mol. The number of hydrogen-bond acceptors (Lipinski definition) is 5. The van der Waals surface area contributed by atoms with Crippen LogP contribution in [0.5, 0.6) is 11.5 Å². The maximum atomic E-state index is 11.3. The fraction of sp³-hybridized carbons (Fsp3) is 0.533. The molecule has 0 atom stereocenters. The molecule has 6 heteroatoms. The summed E-state index contributed by atoms with van der Waals surface area (Å²) in [6, 6.07) is 4.81. The van der Waals surface area contributed by atoms with E-state index in [0.29, 0.717) is 32.1 Å². The molecule has 1 aromatic rings. The summed E-state index contributed by atoms with van der Waals surface area (Å²) in [6.45, 7) is 2.14. The molecule has 21 heavy (non-hydrogen) atoms. The Morgan fingerprint density at radius 1 is 1.43 bits per heavy atom. The van der Waals surface area contributed by atoms with Crippen LogP contribution >= 0.6 is 0 Å². The average Bonchev–Trinajstić information content (AvgIpc) is 2.53. The zero-order valence-electron chi connectivity index (χ0n) is 12.1. The summed E-state index contributed by atoms with van der Waals surface area (Å²) < 4.78 is 16.4. The van der Waals surface area contributed by atoms with Crippen LogP contribution in [0.1, 0.15) is 23.2 Å². The molecule has 0 spiro atoms. The predicted molar refractivity (Wildman–Crippen MR) is 77.0 cm³/mol. The Morgan fingerprint density at radius 2 is 2.14 bits per heavy atom. The van der Waals surface area contributed by atoms with Gasteiger partial charge in [0.25, 0.3) is 0 Å². The van der Waals surface area contributed by atoms with Crippen molar-refractivity contribution in [1.82, 2.24) is 0 Å². The van der Waals surface area contributed by atoms with Gasteiger partial charge in [-0.15, -0.1) is 0 Å². The van der Waals surface area contributed by atoms with Gasteiger partial charge in [-0.05, 0) is 25.0 Å². The molecule has 0 unspecified atom stereocenters. The topological polar surface area (TPSA) is 91.0 Å². The van der Waals surface area contributed by atoms with Gasteiger partial charge in [-0.2, -0.15) is 0 Å². The Balaban J connectivity index is 2.20. The lowest BCUT2D eigenvalue weighted by atomic mass is 9.81. The molecule has 0 bridgehead atoms. The van der Waals surface area contributed by atoms with Crippen molar-refractivity contribution in [2.75, 3.05) is 33.5 Å². The standard InChI is InChI=1S/C15H21NO5/c1-19-12-4-2-3-11(14(17)18)13(12)21-10-15(9-16)5-7-20-8-6-15/h2-4H,5-10,16H2,1H3,(H,17,18). The van der Waals surface area contributed by atoms with Crippen LogP contribution < -0.4 is 15.2 Å². The molecule has 1 aliphatic heterocycles. The second-order valence-corrected chi connectivity index (χ2v) is 5.25. The first-order valence-electron chi connectivity index (χ1n) is 6.93.